The molecule has 0 saturated carbocycles. The van der Waals surface area contributed by atoms with Crippen LogP contribution in [0.2, 0.25) is 0 Å². The molecule has 7 nitrogen and oxygen atoms in total. The number of benzene rings is 1. The molecule has 0 bridgehead atoms. The highest BCUT2D eigenvalue weighted by molar-refractivity contribution is 5.58. The van der Waals surface area contributed by atoms with Gasteiger partial charge in [-0.15, -0.1) is 0 Å². The number of ether oxygens (including phenoxy) is 1. The Morgan fingerprint density at radius 2 is 2.08 bits per heavy atom. The van der Waals surface area contributed by atoms with Crippen molar-refractivity contribution in [3.05, 3.63) is 48.2 Å². The van der Waals surface area contributed by atoms with E-state index in [9.17, 15) is 0 Å². The van der Waals surface area contributed by atoms with Crippen LogP contribution in [0.4, 0.5) is 17.2 Å². The van der Waals surface area contributed by atoms with Gasteiger partial charge >= 0.3 is 0 Å². The molecular weight excluding hydrogens is 328 g/mol. The molecule has 7 heteroatoms. The molecule has 136 valence electrons. The van der Waals surface area contributed by atoms with Crippen LogP contribution in [0.3, 0.4) is 0 Å². The number of methoxy groups -OCH3 is 1. The summed E-state index contributed by atoms with van der Waals surface area (Å²) in [4.78, 5) is 18.8. The van der Waals surface area contributed by atoms with Crippen molar-refractivity contribution in [2.24, 2.45) is 0 Å². The van der Waals surface area contributed by atoms with Crippen molar-refractivity contribution in [2.45, 2.75) is 0 Å². The van der Waals surface area contributed by atoms with E-state index >= 15 is 0 Å². The molecule has 1 aromatic heterocycles. The number of hydrogen-bond acceptors (Lipinski definition) is 6. The van der Waals surface area contributed by atoms with Gasteiger partial charge in [0.05, 0.1) is 19.9 Å². The summed E-state index contributed by atoms with van der Waals surface area (Å²) in [5.41, 5.74) is 1.77. The molecule has 1 saturated heterocycles. The van der Waals surface area contributed by atoms with E-state index in [1.54, 1.807) is 19.6 Å². The first-order chi connectivity index (χ1) is 12.7. The van der Waals surface area contributed by atoms with Crippen molar-refractivity contribution >= 4 is 17.2 Å². The highest BCUT2D eigenvalue weighted by Gasteiger charge is 2.20. The minimum Gasteiger partial charge on any atom is -0.491 e. The first-order valence-electron chi connectivity index (χ1n) is 8.71. The predicted octanol–water partition coefficient (Wildman–Crippen LogP) is 2.29. The second-order valence-electron chi connectivity index (χ2n) is 6.30. The molecule has 1 fully saturated rings. The van der Waals surface area contributed by atoms with Gasteiger partial charge in [-0.2, -0.15) is 0 Å². The fraction of sp³-hybridized carbons (Fsp3) is 0.421. The molecule has 2 aromatic rings. The van der Waals surface area contributed by atoms with Crippen molar-refractivity contribution in [3.63, 3.8) is 0 Å². The third-order valence-electron chi connectivity index (χ3n) is 4.70. The van der Waals surface area contributed by atoms with E-state index in [1.165, 1.54) is 0 Å². The molecule has 26 heavy (non-hydrogen) atoms. The standard InChI is InChI=1S/C19H24N6O/c1-20-16-5-4-6-17(13-16)23(2)7-8-24-9-11-25(12-10-24)19-18(26-3)14-21-15-22-19/h4-6,13-15H,7-12H2,2-3H3. The summed E-state index contributed by atoms with van der Waals surface area (Å²) in [6.45, 7) is 12.9. The molecule has 1 aliphatic heterocycles. The molecule has 0 unspecified atom stereocenters. The maximum atomic E-state index is 7.14. The predicted molar refractivity (Wildman–Crippen MR) is 103 cm³/mol. The second kappa shape index (κ2) is 8.50. The number of rotatable bonds is 6. The van der Waals surface area contributed by atoms with Gasteiger partial charge in [-0.1, -0.05) is 12.1 Å². The number of nitrogens with zero attached hydrogens (tertiary/aromatic N) is 6. The molecule has 1 aromatic carbocycles. The van der Waals surface area contributed by atoms with E-state index in [-0.39, 0.29) is 0 Å². The lowest BCUT2D eigenvalue weighted by molar-refractivity contribution is 0.262. The quantitative estimate of drug-likeness (QED) is 0.744. The maximum absolute atomic E-state index is 7.14. The molecule has 0 atom stereocenters. The smallest absolute Gasteiger partial charge is 0.189 e. The van der Waals surface area contributed by atoms with Crippen LogP contribution < -0.4 is 14.5 Å². The molecule has 0 N–H and O–H groups in total. The topological polar surface area (TPSA) is 49.1 Å². The summed E-state index contributed by atoms with van der Waals surface area (Å²) < 4.78 is 5.36. The highest BCUT2D eigenvalue weighted by Crippen LogP contribution is 2.25. The van der Waals surface area contributed by atoms with Gasteiger partial charge < -0.3 is 14.5 Å². The van der Waals surface area contributed by atoms with Crippen LogP contribution in [0.15, 0.2) is 36.8 Å². The van der Waals surface area contributed by atoms with Gasteiger partial charge in [0.1, 0.15) is 6.33 Å². The lowest BCUT2D eigenvalue weighted by Crippen LogP contribution is -2.48. The Bertz CT molecular complexity index is 767. The van der Waals surface area contributed by atoms with Crippen molar-refractivity contribution in [3.8, 4) is 5.75 Å². The van der Waals surface area contributed by atoms with Crippen molar-refractivity contribution < 1.29 is 4.74 Å². The van der Waals surface area contributed by atoms with E-state index in [0.29, 0.717) is 5.69 Å². The SMILES string of the molecule is [C-]#[N+]c1cccc(N(C)CCN2CCN(c3ncncc3OC)CC2)c1. The summed E-state index contributed by atoms with van der Waals surface area (Å²) >= 11 is 0. The van der Waals surface area contributed by atoms with Gasteiger partial charge in [-0.05, 0) is 12.1 Å². The van der Waals surface area contributed by atoms with Crippen LogP contribution >= 0.6 is 0 Å². The molecule has 3 rings (SSSR count). The highest BCUT2D eigenvalue weighted by atomic mass is 16.5. The molecule has 2 heterocycles. The number of likely N-dealkylation sites (N-methyl/N-ethyl adjacent to an activating group) is 1. The molecule has 1 aliphatic rings. The van der Waals surface area contributed by atoms with E-state index in [0.717, 1.165) is 56.5 Å². The number of anilines is 2. The van der Waals surface area contributed by atoms with Crippen LogP contribution in [0.1, 0.15) is 0 Å². The lowest BCUT2D eigenvalue weighted by Gasteiger charge is -2.36. The van der Waals surface area contributed by atoms with Crippen LogP contribution in [-0.2, 0) is 0 Å². The zero-order chi connectivity index (χ0) is 18.4. The van der Waals surface area contributed by atoms with E-state index < -0.39 is 0 Å². The van der Waals surface area contributed by atoms with Gasteiger partial charge in [-0.25, -0.2) is 14.8 Å². The van der Waals surface area contributed by atoms with Gasteiger partial charge in [0, 0.05) is 52.0 Å². The van der Waals surface area contributed by atoms with Gasteiger partial charge in [0.25, 0.3) is 0 Å². The minimum atomic E-state index is 0.682. The fourth-order valence-corrected chi connectivity index (χ4v) is 3.10. The summed E-state index contributed by atoms with van der Waals surface area (Å²) in [6.07, 6.45) is 3.28. The monoisotopic (exact) mass is 352 g/mol. The van der Waals surface area contributed by atoms with Crippen molar-refractivity contribution in [1.82, 2.24) is 14.9 Å². The zero-order valence-corrected chi connectivity index (χ0v) is 15.3. The van der Waals surface area contributed by atoms with Gasteiger partial charge in [0.15, 0.2) is 17.3 Å². The number of aromatic nitrogens is 2. The largest absolute Gasteiger partial charge is 0.491 e. The van der Waals surface area contributed by atoms with E-state index in [2.05, 4.69) is 36.6 Å². The maximum Gasteiger partial charge on any atom is 0.189 e. The average Bonchev–Trinajstić information content (AvgIpc) is 2.72. The van der Waals surface area contributed by atoms with Crippen LogP contribution in [-0.4, -0.2) is 68.3 Å². The minimum absolute atomic E-state index is 0.682. The van der Waals surface area contributed by atoms with Crippen molar-refractivity contribution in [1.29, 1.82) is 0 Å². The first kappa shape index (κ1) is 18.0. The third kappa shape index (κ3) is 4.21. The fourth-order valence-electron chi connectivity index (χ4n) is 3.10. The number of piperazine rings is 1. The molecule has 0 amide bonds. The Kier molecular flexibility index (Phi) is 5.87. The summed E-state index contributed by atoms with van der Waals surface area (Å²) in [5.74, 6) is 1.59. The molecular formula is C19H24N6O. The Morgan fingerprint density at radius 1 is 1.27 bits per heavy atom. The summed E-state index contributed by atoms with van der Waals surface area (Å²) in [7, 11) is 3.72. The van der Waals surface area contributed by atoms with Gasteiger partial charge in [0.2, 0.25) is 0 Å². The Hall–Kier alpha value is -2.85. The normalized spacial score (nSPS) is 14.7. The Morgan fingerprint density at radius 3 is 2.81 bits per heavy atom. The molecule has 0 aliphatic carbocycles. The van der Waals surface area contributed by atoms with Crippen LogP contribution in [0.5, 0.6) is 5.75 Å². The summed E-state index contributed by atoms with van der Waals surface area (Å²) in [6, 6.07) is 7.76. The van der Waals surface area contributed by atoms with E-state index in [4.69, 9.17) is 11.3 Å². The van der Waals surface area contributed by atoms with Crippen molar-refractivity contribution in [2.75, 3.05) is 63.2 Å². The molecule has 0 radical (unpaired) electrons. The summed E-state index contributed by atoms with van der Waals surface area (Å²) in [5, 5.41) is 0. The zero-order valence-electron chi connectivity index (χ0n) is 15.3. The van der Waals surface area contributed by atoms with E-state index in [1.807, 2.05) is 24.3 Å². The van der Waals surface area contributed by atoms with Gasteiger partial charge in [-0.3, -0.25) is 4.90 Å². The average molecular weight is 352 g/mol. The van der Waals surface area contributed by atoms with Crippen LogP contribution in [0, 0.1) is 6.57 Å². The second-order valence-corrected chi connectivity index (χ2v) is 6.30. The Balaban J connectivity index is 1.50. The third-order valence-corrected chi connectivity index (χ3v) is 4.70. The first-order valence-corrected chi connectivity index (χ1v) is 8.71. The molecule has 0 spiro atoms. The Labute approximate surface area is 154 Å². The van der Waals surface area contributed by atoms with Crippen LogP contribution in [0.25, 0.3) is 4.85 Å². The lowest BCUT2D eigenvalue weighted by atomic mass is 10.2. The number of hydrogen-bond donors (Lipinski definition) is 0.